The van der Waals surface area contributed by atoms with Gasteiger partial charge in [0.2, 0.25) is 0 Å². The van der Waals surface area contributed by atoms with Crippen LogP contribution in [-0.4, -0.2) is 30.9 Å². The molecule has 2 rings (SSSR count). The van der Waals surface area contributed by atoms with Gasteiger partial charge in [-0.05, 0) is 23.6 Å². The predicted octanol–water partition coefficient (Wildman–Crippen LogP) is 3.07. The smallest absolute Gasteiger partial charge is 0.418 e. The quantitative estimate of drug-likeness (QED) is 0.700. The molecule has 1 aromatic carbocycles. The van der Waals surface area contributed by atoms with E-state index in [9.17, 15) is 27.6 Å². The third-order valence-corrected chi connectivity index (χ3v) is 3.95. The average Bonchev–Trinajstić information content (AvgIpc) is 3.14. The van der Waals surface area contributed by atoms with E-state index < -0.39 is 35.9 Å². The Bertz CT molecular complexity index is 807. The van der Waals surface area contributed by atoms with Crippen LogP contribution in [-0.2, 0) is 20.5 Å². The van der Waals surface area contributed by atoms with E-state index in [-0.39, 0.29) is 18.9 Å². The number of nitrogens with one attached hydrogen (secondary N) is 2. The lowest BCUT2D eigenvalue weighted by atomic mass is 10.1. The topological polar surface area (TPSA) is 84.5 Å². The summed E-state index contributed by atoms with van der Waals surface area (Å²) in [7, 11) is 0. The van der Waals surface area contributed by atoms with Gasteiger partial charge in [0.15, 0.2) is 6.61 Å². The molecule has 0 bridgehead atoms. The van der Waals surface area contributed by atoms with E-state index in [1.165, 1.54) is 23.5 Å². The van der Waals surface area contributed by atoms with Crippen LogP contribution < -0.4 is 10.6 Å². The molecule has 0 aliphatic rings. The Kier molecular flexibility index (Phi) is 6.94. The van der Waals surface area contributed by atoms with E-state index in [1.807, 2.05) is 0 Å². The highest BCUT2D eigenvalue weighted by Crippen LogP contribution is 2.34. The zero-order valence-electron chi connectivity index (χ0n) is 13.8. The summed E-state index contributed by atoms with van der Waals surface area (Å²) in [6.07, 6.45) is -4.80. The molecule has 27 heavy (non-hydrogen) atoms. The zero-order chi connectivity index (χ0) is 19.9. The fourth-order valence-corrected chi connectivity index (χ4v) is 2.65. The molecule has 1 aromatic heterocycles. The van der Waals surface area contributed by atoms with Crippen LogP contribution in [0.15, 0.2) is 41.1 Å². The van der Waals surface area contributed by atoms with Crippen LogP contribution >= 0.6 is 11.3 Å². The third kappa shape index (κ3) is 6.41. The summed E-state index contributed by atoms with van der Waals surface area (Å²) >= 11 is 1.35. The van der Waals surface area contributed by atoms with Crippen molar-refractivity contribution in [1.29, 1.82) is 0 Å². The molecule has 0 unspecified atom stereocenters. The Labute approximate surface area is 156 Å². The summed E-state index contributed by atoms with van der Waals surface area (Å²) < 4.78 is 43.2. The molecule has 0 spiro atoms. The summed E-state index contributed by atoms with van der Waals surface area (Å²) in [5.41, 5.74) is -0.953. The summed E-state index contributed by atoms with van der Waals surface area (Å²) in [4.78, 5) is 34.9. The molecule has 0 atom stereocenters. The van der Waals surface area contributed by atoms with Gasteiger partial charge in [-0.1, -0.05) is 12.1 Å². The number of amides is 2. The number of alkyl halides is 3. The van der Waals surface area contributed by atoms with Gasteiger partial charge < -0.3 is 15.4 Å². The highest BCUT2D eigenvalue weighted by Gasteiger charge is 2.33. The van der Waals surface area contributed by atoms with E-state index in [0.717, 1.165) is 12.1 Å². The maximum atomic E-state index is 12.8. The number of benzene rings is 1. The molecular weight excluding hydrogens is 385 g/mol. The molecule has 0 aliphatic carbocycles. The van der Waals surface area contributed by atoms with Crippen LogP contribution in [0.5, 0.6) is 0 Å². The van der Waals surface area contributed by atoms with Gasteiger partial charge in [-0.25, -0.2) is 0 Å². The van der Waals surface area contributed by atoms with Gasteiger partial charge in [-0.3, -0.25) is 14.4 Å². The van der Waals surface area contributed by atoms with Gasteiger partial charge in [-0.15, -0.1) is 0 Å². The van der Waals surface area contributed by atoms with Crippen LogP contribution in [0.25, 0.3) is 0 Å². The van der Waals surface area contributed by atoms with Crippen LogP contribution in [0.4, 0.5) is 18.9 Å². The molecule has 2 aromatic rings. The maximum Gasteiger partial charge on any atom is 0.418 e. The Balaban J connectivity index is 1.74. The molecule has 2 amide bonds. The molecule has 0 aliphatic heterocycles. The number of carbonyl (C=O) groups excluding carboxylic acids is 3. The number of carbonyl (C=O) groups is 3. The van der Waals surface area contributed by atoms with Crippen molar-refractivity contribution in [3.05, 3.63) is 52.2 Å². The minimum absolute atomic E-state index is 0.00599. The number of halogens is 3. The standard InChI is InChI=1S/C17H15F3N2O4S/c18-17(19,20)12-3-1-2-4-13(12)22-14(23)9-26-15(24)5-7-21-16(25)11-6-8-27-10-11/h1-4,6,8,10H,5,7,9H2,(H,21,25)(H,22,23). The van der Waals surface area contributed by atoms with Gasteiger partial charge in [0.25, 0.3) is 11.8 Å². The van der Waals surface area contributed by atoms with Crippen LogP contribution in [0, 0.1) is 0 Å². The Hall–Kier alpha value is -2.88. The minimum atomic E-state index is -4.62. The second kappa shape index (κ2) is 9.17. The van der Waals surface area contributed by atoms with Crippen molar-refractivity contribution >= 4 is 34.8 Å². The number of ether oxygens (including phenoxy) is 1. The number of esters is 1. The Morgan fingerprint density at radius 1 is 1.11 bits per heavy atom. The summed E-state index contributed by atoms with van der Waals surface area (Å²) in [6.45, 7) is -0.727. The molecule has 0 saturated heterocycles. The fraction of sp³-hybridized carbons (Fsp3) is 0.235. The first-order valence-electron chi connectivity index (χ1n) is 7.69. The highest BCUT2D eigenvalue weighted by atomic mass is 32.1. The largest absolute Gasteiger partial charge is 0.456 e. The zero-order valence-corrected chi connectivity index (χ0v) is 14.7. The predicted molar refractivity (Wildman–Crippen MR) is 92.3 cm³/mol. The summed E-state index contributed by atoms with van der Waals surface area (Å²) in [5, 5.41) is 7.95. The number of thiophene rings is 1. The van der Waals surface area contributed by atoms with Gasteiger partial charge >= 0.3 is 12.1 Å². The minimum Gasteiger partial charge on any atom is -0.456 e. The van der Waals surface area contributed by atoms with Crippen molar-refractivity contribution in [2.24, 2.45) is 0 Å². The lowest BCUT2D eigenvalue weighted by molar-refractivity contribution is -0.147. The SMILES string of the molecule is O=C(COC(=O)CCNC(=O)c1ccsc1)Nc1ccccc1C(F)(F)F. The molecule has 144 valence electrons. The molecule has 0 saturated carbocycles. The second-order valence-corrected chi connectivity index (χ2v) is 6.05. The lowest BCUT2D eigenvalue weighted by Crippen LogP contribution is -2.27. The van der Waals surface area contributed by atoms with Gasteiger partial charge in [-0.2, -0.15) is 24.5 Å². The first-order valence-corrected chi connectivity index (χ1v) is 8.64. The number of hydrogen-bond donors (Lipinski definition) is 2. The maximum absolute atomic E-state index is 12.8. The van der Waals surface area contributed by atoms with Gasteiger partial charge in [0.05, 0.1) is 17.7 Å². The Morgan fingerprint density at radius 3 is 2.52 bits per heavy atom. The van der Waals surface area contributed by atoms with E-state index in [0.29, 0.717) is 5.56 Å². The van der Waals surface area contributed by atoms with Crippen molar-refractivity contribution in [3.63, 3.8) is 0 Å². The molecule has 0 radical (unpaired) electrons. The van der Waals surface area contributed by atoms with Crippen LogP contribution in [0.2, 0.25) is 0 Å². The monoisotopic (exact) mass is 400 g/mol. The fourth-order valence-electron chi connectivity index (χ4n) is 2.02. The Morgan fingerprint density at radius 2 is 1.85 bits per heavy atom. The molecule has 6 nitrogen and oxygen atoms in total. The van der Waals surface area contributed by atoms with E-state index >= 15 is 0 Å². The first kappa shape index (κ1) is 20.4. The first-order chi connectivity index (χ1) is 12.8. The van der Waals surface area contributed by atoms with E-state index in [1.54, 1.807) is 16.8 Å². The molecule has 2 N–H and O–H groups in total. The average molecular weight is 400 g/mol. The van der Waals surface area contributed by atoms with Crippen molar-refractivity contribution in [2.75, 3.05) is 18.5 Å². The number of rotatable bonds is 7. The van der Waals surface area contributed by atoms with Crippen molar-refractivity contribution in [3.8, 4) is 0 Å². The second-order valence-electron chi connectivity index (χ2n) is 5.27. The highest BCUT2D eigenvalue weighted by molar-refractivity contribution is 7.08. The van der Waals surface area contributed by atoms with Crippen molar-refractivity contribution < 1.29 is 32.3 Å². The lowest BCUT2D eigenvalue weighted by Gasteiger charge is -2.13. The van der Waals surface area contributed by atoms with Gasteiger partial charge in [0.1, 0.15) is 0 Å². The third-order valence-electron chi connectivity index (χ3n) is 3.27. The van der Waals surface area contributed by atoms with Crippen LogP contribution in [0.1, 0.15) is 22.3 Å². The summed E-state index contributed by atoms with van der Waals surface area (Å²) in [5.74, 6) is -2.01. The number of para-hydroxylation sites is 1. The molecule has 10 heteroatoms. The van der Waals surface area contributed by atoms with E-state index in [2.05, 4.69) is 10.6 Å². The van der Waals surface area contributed by atoms with Crippen LogP contribution in [0.3, 0.4) is 0 Å². The summed E-state index contributed by atoms with van der Waals surface area (Å²) in [6, 6.07) is 6.09. The van der Waals surface area contributed by atoms with Crippen molar-refractivity contribution in [1.82, 2.24) is 5.32 Å². The molecular formula is C17H15F3N2O4S. The van der Waals surface area contributed by atoms with Gasteiger partial charge in [0, 0.05) is 17.5 Å². The van der Waals surface area contributed by atoms with E-state index in [4.69, 9.17) is 4.74 Å². The molecule has 0 fully saturated rings. The molecule has 1 heterocycles. The number of hydrogen-bond acceptors (Lipinski definition) is 5. The normalized spacial score (nSPS) is 10.9. The number of anilines is 1. The van der Waals surface area contributed by atoms with Crippen molar-refractivity contribution in [2.45, 2.75) is 12.6 Å².